The van der Waals surface area contributed by atoms with E-state index in [1.165, 1.54) is 6.20 Å². The number of hydrogen-bond acceptors (Lipinski definition) is 5. The molecule has 1 fully saturated rings. The van der Waals surface area contributed by atoms with E-state index in [2.05, 4.69) is 14.9 Å². The van der Waals surface area contributed by atoms with Crippen molar-refractivity contribution < 1.29 is 18.3 Å². The van der Waals surface area contributed by atoms with Crippen molar-refractivity contribution in [2.45, 2.75) is 13.1 Å². The summed E-state index contributed by atoms with van der Waals surface area (Å²) in [6.45, 7) is 5.10. The number of phenols is 1. The van der Waals surface area contributed by atoms with Crippen LogP contribution in [-0.2, 0) is 6.18 Å². The molecule has 8 heteroatoms. The van der Waals surface area contributed by atoms with Gasteiger partial charge in [0.1, 0.15) is 5.75 Å². The molecule has 25 heavy (non-hydrogen) atoms. The summed E-state index contributed by atoms with van der Waals surface area (Å²) < 4.78 is 38.8. The molecule has 0 unspecified atom stereocenters. The Labute approximate surface area is 143 Å². The fourth-order valence-corrected chi connectivity index (χ4v) is 2.81. The van der Waals surface area contributed by atoms with Gasteiger partial charge in [-0.1, -0.05) is 0 Å². The lowest BCUT2D eigenvalue weighted by Crippen LogP contribution is -2.45. The molecule has 5 nitrogen and oxygen atoms in total. The molecule has 1 aromatic heterocycles. The number of halogens is 3. The third-order valence-electron chi connectivity index (χ3n) is 4.37. The van der Waals surface area contributed by atoms with Gasteiger partial charge in [0, 0.05) is 43.5 Å². The molecule has 1 N–H and O–H groups in total. The third-order valence-corrected chi connectivity index (χ3v) is 4.37. The molecular formula is C17H19F3N4O. The quantitative estimate of drug-likeness (QED) is 0.901. The molecule has 1 aliphatic rings. The first kappa shape index (κ1) is 17.5. The molecule has 3 rings (SSSR count). The third kappa shape index (κ3) is 3.68. The van der Waals surface area contributed by atoms with E-state index in [1.807, 2.05) is 11.9 Å². The maximum Gasteiger partial charge on any atom is 0.416 e. The number of aromatic nitrogens is 2. The van der Waals surface area contributed by atoms with E-state index in [0.29, 0.717) is 17.2 Å². The second-order valence-electron chi connectivity index (χ2n) is 6.19. The normalized spacial score (nSPS) is 16.3. The van der Waals surface area contributed by atoms with E-state index in [1.54, 1.807) is 6.92 Å². The first-order valence-corrected chi connectivity index (χ1v) is 7.93. The van der Waals surface area contributed by atoms with E-state index < -0.39 is 11.7 Å². The zero-order valence-electron chi connectivity index (χ0n) is 14.0. The van der Waals surface area contributed by atoms with Gasteiger partial charge in [-0.3, -0.25) is 0 Å². The van der Waals surface area contributed by atoms with Crippen LogP contribution in [0.3, 0.4) is 0 Å². The summed E-state index contributed by atoms with van der Waals surface area (Å²) in [6, 6.07) is 2.83. The Hall–Kier alpha value is -2.35. The number of likely N-dealkylation sites (N-methyl/N-ethyl adjacent to an activating group) is 1. The van der Waals surface area contributed by atoms with Crippen molar-refractivity contribution in [3.05, 3.63) is 35.7 Å². The van der Waals surface area contributed by atoms with Crippen LogP contribution < -0.4 is 4.90 Å². The van der Waals surface area contributed by atoms with Gasteiger partial charge in [-0.25, -0.2) is 9.97 Å². The van der Waals surface area contributed by atoms with Crippen molar-refractivity contribution in [3.8, 4) is 16.9 Å². The number of aromatic hydroxyl groups is 1. The number of anilines is 1. The van der Waals surface area contributed by atoms with Gasteiger partial charge in [-0.05, 0) is 32.2 Å². The number of piperazine rings is 1. The zero-order valence-corrected chi connectivity index (χ0v) is 14.0. The fraction of sp³-hybridized carbons (Fsp3) is 0.412. The SMILES string of the molecule is Cc1nc(N2CCN(C)CC2)ncc1-c1cc(C(F)(F)F)ccc1O. The molecule has 1 aliphatic heterocycles. The second-order valence-corrected chi connectivity index (χ2v) is 6.19. The van der Waals surface area contributed by atoms with E-state index >= 15 is 0 Å². The summed E-state index contributed by atoms with van der Waals surface area (Å²) in [7, 11) is 2.04. The summed E-state index contributed by atoms with van der Waals surface area (Å²) in [6.07, 6.45) is -3.00. The second kappa shape index (κ2) is 6.51. The Morgan fingerprint density at radius 3 is 2.36 bits per heavy atom. The van der Waals surface area contributed by atoms with Gasteiger partial charge >= 0.3 is 6.18 Å². The monoisotopic (exact) mass is 352 g/mol. The number of nitrogens with zero attached hydrogens (tertiary/aromatic N) is 4. The molecule has 0 saturated carbocycles. The van der Waals surface area contributed by atoms with Crippen LogP contribution in [0.2, 0.25) is 0 Å². The number of rotatable bonds is 2. The van der Waals surface area contributed by atoms with Crippen molar-refractivity contribution in [1.29, 1.82) is 0 Å². The highest BCUT2D eigenvalue weighted by molar-refractivity contribution is 5.72. The zero-order chi connectivity index (χ0) is 18.2. The average molecular weight is 352 g/mol. The van der Waals surface area contributed by atoms with Crippen LogP contribution in [0.25, 0.3) is 11.1 Å². The van der Waals surface area contributed by atoms with Gasteiger partial charge in [-0.2, -0.15) is 13.2 Å². The highest BCUT2D eigenvalue weighted by Crippen LogP contribution is 2.37. The number of phenolic OH excluding ortho intramolecular Hbond substituents is 1. The van der Waals surface area contributed by atoms with E-state index in [4.69, 9.17) is 0 Å². The Balaban J connectivity index is 1.94. The fourth-order valence-electron chi connectivity index (χ4n) is 2.81. The Kier molecular flexibility index (Phi) is 4.55. The van der Waals surface area contributed by atoms with Crippen molar-refractivity contribution >= 4 is 5.95 Å². The minimum absolute atomic E-state index is 0.0808. The molecule has 1 aromatic carbocycles. The summed E-state index contributed by atoms with van der Waals surface area (Å²) in [5.41, 5.74) is 0.181. The van der Waals surface area contributed by atoms with Crippen LogP contribution in [0.4, 0.5) is 19.1 Å². The molecule has 1 saturated heterocycles. The van der Waals surface area contributed by atoms with Crippen molar-refractivity contribution in [2.75, 3.05) is 38.1 Å². The minimum atomic E-state index is -4.48. The maximum atomic E-state index is 12.9. The van der Waals surface area contributed by atoms with Gasteiger partial charge in [0.15, 0.2) is 0 Å². The van der Waals surface area contributed by atoms with Crippen LogP contribution in [0, 0.1) is 6.92 Å². The number of hydrogen-bond donors (Lipinski definition) is 1. The van der Waals surface area contributed by atoms with Gasteiger partial charge in [0.2, 0.25) is 5.95 Å². The van der Waals surface area contributed by atoms with Gasteiger partial charge in [0.25, 0.3) is 0 Å². The first-order valence-electron chi connectivity index (χ1n) is 7.93. The number of benzene rings is 1. The predicted molar refractivity (Wildman–Crippen MR) is 88.6 cm³/mol. The lowest BCUT2D eigenvalue weighted by molar-refractivity contribution is -0.137. The first-order chi connectivity index (χ1) is 11.8. The largest absolute Gasteiger partial charge is 0.507 e. The summed E-state index contributed by atoms with van der Waals surface area (Å²) in [4.78, 5) is 13.0. The van der Waals surface area contributed by atoms with Gasteiger partial charge < -0.3 is 14.9 Å². The Bertz CT molecular complexity index is 771. The van der Waals surface area contributed by atoms with E-state index in [9.17, 15) is 18.3 Å². The number of aryl methyl sites for hydroxylation is 1. The van der Waals surface area contributed by atoms with Crippen molar-refractivity contribution in [1.82, 2.24) is 14.9 Å². The van der Waals surface area contributed by atoms with E-state index in [-0.39, 0.29) is 11.3 Å². The van der Waals surface area contributed by atoms with Crippen molar-refractivity contribution in [2.24, 2.45) is 0 Å². The molecule has 0 atom stereocenters. The molecule has 0 spiro atoms. The molecule has 0 amide bonds. The summed E-state index contributed by atoms with van der Waals surface area (Å²) >= 11 is 0. The topological polar surface area (TPSA) is 52.5 Å². The summed E-state index contributed by atoms with van der Waals surface area (Å²) in [5, 5.41) is 9.99. The van der Waals surface area contributed by atoms with Crippen LogP contribution in [-0.4, -0.2) is 53.2 Å². The Morgan fingerprint density at radius 1 is 1.08 bits per heavy atom. The molecule has 2 aromatic rings. The maximum absolute atomic E-state index is 12.9. The summed E-state index contributed by atoms with van der Waals surface area (Å²) in [5.74, 6) is 0.327. The lowest BCUT2D eigenvalue weighted by atomic mass is 10.0. The molecule has 0 aliphatic carbocycles. The predicted octanol–water partition coefficient (Wildman–Crippen LogP) is 2.93. The molecule has 0 bridgehead atoms. The smallest absolute Gasteiger partial charge is 0.416 e. The molecular weight excluding hydrogens is 333 g/mol. The van der Waals surface area contributed by atoms with Crippen molar-refractivity contribution in [3.63, 3.8) is 0 Å². The van der Waals surface area contributed by atoms with Crippen LogP contribution in [0.15, 0.2) is 24.4 Å². The van der Waals surface area contributed by atoms with Crippen LogP contribution >= 0.6 is 0 Å². The highest BCUT2D eigenvalue weighted by atomic mass is 19.4. The highest BCUT2D eigenvalue weighted by Gasteiger charge is 2.31. The molecule has 2 heterocycles. The molecule has 0 radical (unpaired) electrons. The standard InChI is InChI=1S/C17H19F3N4O/c1-11-14(13-9-12(17(18,19)20)3-4-15(13)25)10-21-16(22-11)24-7-5-23(2)6-8-24/h3-4,9-10,25H,5-8H2,1-2H3. The lowest BCUT2D eigenvalue weighted by Gasteiger charge is -2.32. The van der Waals surface area contributed by atoms with Crippen LogP contribution in [0.5, 0.6) is 5.75 Å². The number of alkyl halides is 3. The van der Waals surface area contributed by atoms with Crippen LogP contribution in [0.1, 0.15) is 11.3 Å². The van der Waals surface area contributed by atoms with Gasteiger partial charge in [0.05, 0.1) is 11.3 Å². The minimum Gasteiger partial charge on any atom is -0.507 e. The van der Waals surface area contributed by atoms with Gasteiger partial charge in [-0.15, -0.1) is 0 Å². The molecule has 134 valence electrons. The Morgan fingerprint density at radius 2 is 1.76 bits per heavy atom. The van der Waals surface area contributed by atoms with E-state index in [0.717, 1.165) is 44.4 Å². The average Bonchev–Trinajstić information content (AvgIpc) is 2.55.